The number of hydrogen-bond acceptors (Lipinski definition) is 8. The highest BCUT2D eigenvalue weighted by Crippen LogP contribution is 2.56. The molecule has 2 aromatic carbocycles. The molecule has 2 fully saturated rings. The molecule has 0 unspecified atom stereocenters. The summed E-state index contributed by atoms with van der Waals surface area (Å²) in [6, 6.07) is 13.9. The maximum Gasteiger partial charge on any atom is 0.151 e. The number of hydrogen-bond donors (Lipinski definition) is 1. The zero-order chi connectivity index (χ0) is 30.1. The van der Waals surface area contributed by atoms with E-state index in [1.807, 2.05) is 70.2 Å². The SMILES string of the molecule is CC.Cc1cc(OCc2cnc(C)nc2)cc(Oc2ccc(-n3cc(C4CC5(C4)CN(C)C5)c4ncnc(N)c43)cc2)c1. The van der Waals surface area contributed by atoms with Crippen LogP contribution >= 0.6 is 0 Å². The number of nitrogens with two attached hydrogens (primary N) is 1. The third kappa shape index (κ3) is 5.77. The summed E-state index contributed by atoms with van der Waals surface area (Å²) in [4.78, 5) is 19.8. The fourth-order valence-electron chi connectivity index (χ4n) is 6.50. The average molecular weight is 578 g/mol. The number of aryl methyl sites for hydroxylation is 2. The first kappa shape index (κ1) is 28.6. The molecule has 222 valence electrons. The van der Waals surface area contributed by atoms with E-state index in [-0.39, 0.29) is 0 Å². The van der Waals surface area contributed by atoms with E-state index < -0.39 is 0 Å². The summed E-state index contributed by atoms with van der Waals surface area (Å²) in [6.45, 7) is 10.7. The Kier molecular flexibility index (Phi) is 7.75. The fourth-order valence-corrected chi connectivity index (χ4v) is 6.50. The lowest BCUT2D eigenvalue weighted by atomic mass is 9.56. The average Bonchev–Trinajstić information content (AvgIpc) is 3.35. The number of ether oxygens (including phenoxy) is 2. The Morgan fingerprint density at radius 1 is 0.907 bits per heavy atom. The Hall–Kier alpha value is -4.50. The second-order valence-electron chi connectivity index (χ2n) is 11.7. The second-order valence-corrected chi connectivity index (χ2v) is 11.7. The van der Waals surface area contributed by atoms with Crippen LogP contribution in [-0.2, 0) is 6.61 Å². The van der Waals surface area contributed by atoms with Crippen molar-refractivity contribution in [2.45, 2.75) is 53.1 Å². The molecule has 1 spiro atoms. The van der Waals surface area contributed by atoms with Gasteiger partial charge in [0.2, 0.25) is 0 Å². The molecule has 9 nitrogen and oxygen atoms in total. The zero-order valence-electron chi connectivity index (χ0n) is 25.5. The molecule has 0 radical (unpaired) electrons. The summed E-state index contributed by atoms with van der Waals surface area (Å²) >= 11 is 0. The van der Waals surface area contributed by atoms with E-state index in [0.29, 0.717) is 29.5 Å². The van der Waals surface area contributed by atoms with Crippen LogP contribution in [0.5, 0.6) is 17.2 Å². The van der Waals surface area contributed by atoms with E-state index >= 15 is 0 Å². The molecule has 1 aliphatic heterocycles. The summed E-state index contributed by atoms with van der Waals surface area (Å²) in [5, 5.41) is 0. The van der Waals surface area contributed by atoms with Crippen LogP contribution in [0.3, 0.4) is 0 Å². The van der Waals surface area contributed by atoms with Gasteiger partial charge < -0.3 is 24.7 Å². The maximum atomic E-state index is 6.38. The topological polar surface area (TPSA) is 104 Å². The van der Waals surface area contributed by atoms with Crippen molar-refractivity contribution in [3.05, 3.63) is 89.9 Å². The van der Waals surface area contributed by atoms with Gasteiger partial charge in [0.05, 0.1) is 5.52 Å². The van der Waals surface area contributed by atoms with E-state index in [9.17, 15) is 0 Å². The standard InChI is InChI=1S/C32H33N7O2.C2H6/c1-20-8-26(40-16-22-13-34-21(2)35-14-22)10-27(9-20)41-25-6-4-24(5-7-25)39-15-28(29-30(39)31(33)37-19-36-29)23-11-32(12-23)17-38(3)18-32;1-2/h4-10,13-15,19,23H,11-12,16-18H2,1-3H3,(H2,33,36,37);1-2H3. The molecule has 5 aromatic rings. The van der Waals surface area contributed by atoms with Crippen LogP contribution in [0.2, 0.25) is 0 Å². The zero-order valence-corrected chi connectivity index (χ0v) is 25.5. The van der Waals surface area contributed by atoms with Crippen molar-refractivity contribution in [3.63, 3.8) is 0 Å². The first-order valence-electron chi connectivity index (χ1n) is 14.9. The molecule has 3 aromatic heterocycles. The van der Waals surface area contributed by atoms with Gasteiger partial charge in [0, 0.05) is 49.0 Å². The summed E-state index contributed by atoms with van der Waals surface area (Å²) in [6.07, 6.45) is 9.74. The monoisotopic (exact) mass is 577 g/mol. The molecule has 0 amide bonds. The first-order valence-corrected chi connectivity index (χ1v) is 14.9. The molecule has 0 atom stereocenters. The van der Waals surface area contributed by atoms with Gasteiger partial charge in [-0.25, -0.2) is 19.9 Å². The van der Waals surface area contributed by atoms with Crippen LogP contribution in [0, 0.1) is 19.3 Å². The van der Waals surface area contributed by atoms with Gasteiger partial charge in [-0.2, -0.15) is 0 Å². The number of nitrogen functional groups attached to an aromatic ring is 1. The molecule has 9 heteroatoms. The minimum atomic E-state index is 0.385. The first-order chi connectivity index (χ1) is 20.8. The fraction of sp³-hybridized carbons (Fsp3) is 0.353. The number of rotatable bonds is 7. The minimum Gasteiger partial charge on any atom is -0.489 e. The van der Waals surface area contributed by atoms with Gasteiger partial charge in [-0.3, -0.25) is 0 Å². The van der Waals surface area contributed by atoms with Gasteiger partial charge in [-0.15, -0.1) is 0 Å². The number of nitrogens with zero attached hydrogens (tertiary/aromatic N) is 6. The molecule has 1 saturated carbocycles. The number of anilines is 1. The molecule has 0 bridgehead atoms. The lowest BCUT2D eigenvalue weighted by Crippen LogP contribution is -2.59. The van der Waals surface area contributed by atoms with Crippen molar-refractivity contribution in [1.82, 2.24) is 29.4 Å². The van der Waals surface area contributed by atoms with Gasteiger partial charge in [-0.05, 0) is 92.6 Å². The Labute approximate surface area is 252 Å². The van der Waals surface area contributed by atoms with Gasteiger partial charge in [0.1, 0.15) is 41.5 Å². The van der Waals surface area contributed by atoms with E-state index in [2.05, 4.69) is 42.6 Å². The summed E-state index contributed by atoms with van der Waals surface area (Å²) in [5.41, 5.74) is 12.9. The normalized spacial score (nSPS) is 15.8. The highest BCUT2D eigenvalue weighted by Gasteiger charge is 2.52. The van der Waals surface area contributed by atoms with E-state index in [0.717, 1.165) is 45.2 Å². The van der Waals surface area contributed by atoms with Gasteiger partial charge in [0.25, 0.3) is 0 Å². The Bertz CT molecular complexity index is 1720. The van der Waals surface area contributed by atoms with Crippen molar-refractivity contribution < 1.29 is 9.47 Å². The Balaban J connectivity index is 0.00000161. The number of benzene rings is 2. The summed E-state index contributed by atoms with van der Waals surface area (Å²) in [7, 11) is 2.19. The maximum absolute atomic E-state index is 6.38. The quantitative estimate of drug-likeness (QED) is 0.230. The Morgan fingerprint density at radius 3 is 2.30 bits per heavy atom. The molecule has 4 heterocycles. The third-order valence-corrected chi connectivity index (χ3v) is 8.26. The van der Waals surface area contributed by atoms with Crippen molar-refractivity contribution in [3.8, 4) is 22.9 Å². The van der Waals surface area contributed by atoms with Crippen molar-refractivity contribution >= 4 is 16.9 Å². The lowest BCUT2D eigenvalue weighted by Gasteiger charge is -2.58. The smallest absolute Gasteiger partial charge is 0.151 e. The molecule has 2 N–H and O–H groups in total. The van der Waals surface area contributed by atoms with Crippen LogP contribution in [0.1, 0.15) is 55.1 Å². The lowest BCUT2D eigenvalue weighted by molar-refractivity contribution is -0.0581. The number of aromatic nitrogens is 5. The number of likely N-dealkylation sites (tertiary alicyclic amines) is 1. The predicted molar refractivity (Wildman–Crippen MR) is 169 cm³/mol. The van der Waals surface area contributed by atoms with Crippen molar-refractivity contribution in [2.75, 3.05) is 25.9 Å². The molecule has 1 aliphatic carbocycles. The van der Waals surface area contributed by atoms with Gasteiger partial charge >= 0.3 is 0 Å². The number of fused-ring (bicyclic) bond motifs is 1. The minimum absolute atomic E-state index is 0.385. The summed E-state index contributed by atoms with van der Waals surface area (Å²) in [5.74, 6) is 3.89. The largest absolute Gasteiger partial charge is 0.489 e. The van der Waals surface area contributed by atoms with Crippen LogP contribution in [0.15, 0.2) is 67.4 Å². The van der Waals surface area contributed by atoms with Crippen LogP contribution in [0.4, 0.5) is 5.82 Å². The highest BCUT2D eigenvalue weighted by molar-refractivity contribution is 5.90. The molecular formula is C34H39N7O2. The van der Waals surface area contributed by atoms with Crippen LogP contribution < -0.4 is 15.2 Å². The van der Waals surface area contributed by atoms with Crippen molar-refractivity contribution in [1.29, 1.82) is 0 Å². The van der Waals surface area contributed by atoms with Crippen molar-refractivity contribution in [2.24, 2.45) is 5.41 Å². The summed E-state index contributed by atoms with van der Waals surface area (Å²) < 4.78 is 14.3. The van der Waals surface area contributed by atoms with E-state index in [1.54, 1.807) is 18.7 Å². The highest BCUT2D eigenvalue weighted by atomic mass is 16.5. The van der Waals surface area contributed by atoms with Crippen LogP contribution in [0.25, 0.3) is 16.7 Å². The van der Waals surface area contributed by atoms with E-state index in [4.69, 9.17) is 15.2 Å². The molecule has 1 saturated heterocycles. The predicted octanol–water partition coefficient (Wildman–Crippen LogP) is 6.62. The van der Waals surface area contributed by atoms with Gasteiger partial charge in [0.15, 0.2) is 5.82 Å². The Morgan fingerprint density at radius 2 is 1.60 bits per heavy atom. The molecular weight excluding hydrogens is 538 g/mol. The molecule has 7 rings (SSSR count). The molecule has 43 heavy (non-hydrogen) atoms. The van der Waals surface area contributed by atoms with Crippen LogP contribution in [-0.4, -0.2) is 49.5 Å². The second kappa shape index (κ2) is 11.6. The third-order valence-electron chi connectivity index (χ3n) is 8.26. The van der Waals surface area contributed by atoms with Gasteiger partial charge in [-0.1, -0.05) is 13.8 Å². The van der Waals surface area contributed by atoms with E-state index in [1.165, 1.54) is 31.5 Å². The molecule has 2 aliphatic rings.